The summed E-state index contributed by atoms with van der Waals surface area (Å²) in [5.41, 5.74) is 3.12. The number of furan rings is 1. The standard InChI is InChI=1S/C24H23NO4/c1-14-7-3-4-8-16(14)25-23(27)22-15(2)20-18(28-22)9-10-19-21(20)17(26)13-24(29-19)11-5-6-12-24/h3-4,7-10H,5-6,11-13H2,1-2H3,(H,25,27). The van der Waals surface area contributed by atoms with Crippen LogP contribution in [0.25, 0.3) is 11.0 Å². The Morgan fingerprint density at radius 3 is 2.59 bits per heavy atom. The Morgan fingerprint density at radius 1 is 1.07 bits per heavy atom. The number of rotatable bonds is 2. The van der Waals surface area contributed by atoms with Gasteiger partial charge in [0.1, 0.15) is 16.9 Å². The number of hydrogen-bond donors (Lipinski definition) is 1. The number of Topliss-reactive ketones (excluding diaryl/α,β-unsaturated/α-hetero) is 1. The highest BCUT2D eigenvalue weighted by Gasteiger charge is 2.43. The summed E-state index contributed by atoms with van der Waals surface area (Å²) in [6.07, 6.45) is 4.43. The van der Waals surface area contributed by atoms with Crippen molar-refractivity contribution in [3.05, 3.63) is 58.8 Å². The zero-order chi connectivity index (χ0) is 20.2. The van der Waals surface area contributed by atoms with Gasteiger partial charge in [0, 0.05) is 16.6 Å². The monoisotopic (exact) mass is 389 g/mol. The van der Waals surface area contributed by atoms with E-state index in [9.17, 15) is 9.59 Å². The second kappa shape index (κ2) is 6.48. The Bertz CT molecular complexity index is 1150. The summed E-state index contributed by atoms with van der Waals surface area (Å²) in [6, 6.07) is 11.2. The number of anilines is 1. The zero-order valence-electron chi connectivity index (χ0n) is 16.6. The van der Waals surface area contributed by atoms with E-state index in [4.69, 9.17) is 9.15 Å². The molecule has 0 saturated heterocycles. The molecule has 1 aromatic heterocycles. The summed E-state index contributed by atoms with van der Waals surface area (Å²) in [4.78, 5) is 26.0. The Hall–Kier alpha value is -3.08. The number of ether oxygens (including phenoxy) is 1. The predicted octanol–water partition coefficient (Wildman–Crippen LogP) is 5.58. The van der Waals surface area contributed by atoms with Gasteiger partial charge in [-0.1, -0.05) is 18.2 Å². The molecule has 0 atom stereocenters. The van der Waals surface area contributed by atoms with Gasteiger partial charge in [-0.25, -0.2) is 0 Å². The molecule has 2 heterocycles. The molecule has 5 heteroatoms. The van der Waals surface area contributed by atoms with Crippen molar-refractivity contribution in [3.63, 3.8) is 0 Å². The van der Waals surface area contributed by atoms with E-state index in [-0.39, 0.29) is 23.1 Å². The van der Waals surface area contributed by atoms with Crippen LogP contribution in [0.3, 0.4) is 0 Å². The van der Waals surface area contributed by atoms with Crippen LogP contribution in [0.1, 0.15) is 64.1 Å². The lowest BCUT2D eigenvalue weighted by Crippen LogP contribution is -2.39. The van der Waals surface area contributed by atoms with Crippen molar-refractivity contribution in [3.8, 4) is 5.75 Å². The highest BCUT2D eigenvalue weighted by molar-refractivity contribution is 6.15. The first-order chi connectivity index (χ1) is 14.0. The lowest BCUT2D eigenvalue weighted by atomic mass is 9.87. The molecule has 29 heavy (non-hydrogen) atoms. The third-order valence-electron chi connectivity index (χ3n) is 6.26. The molecule has 1 amide bonds. The maximum atomic E-state index is 13.1. The molecule has 3 aromatic rings. The Kier molecular flexibility index (Phi) is 4.02. The molecule has 1 spiro atoms. The summed E-state index contributed by atoms with van der Waals surface area (Å²) in [7, 11) is 0. The maximum absolute atomic E-state index is 13.1. The first-order valence-electron chi connectivity index (χ1n) is 10.1. The minimum absolute atomic E-state index is 0.0773. The molecule has 1 N–H and O–H groups in total. The van der Waals surface area contributed by atoms with Crippen LogP contribution >= 0.6 is 0 Å². The molecule has 148 valence electrons. The minimum Gasteiger partial charge on any atom is -0.486 e. The van der Waals surface area contributed by atoms with E-state index < -0.39 is 0 Å². The van der Waals surface area contributed by atoms with Crippen LogP contribution in [-0.2, 0) is 0 Å². The predicted molar refractivity (Wildman–Crippen MR) is 111 cm³/mol. The molecule has 2 aliphatic rings. The van der Waals surface area contributed by atoms with Crippen molar-refractivity contribution in [1.82, 2.24) is 0 Å². The van der Waals surface area contributed by atoms with E-state index in [1.807, 2.05) is 38.1 Å². The van der Waals surface area contributed by atoms with E-state index in [0.717, 1.165) is 36.9 Å². The number of hydrogen-bond acceptors (Lipinski definition) is 4. The summed E-state index contributed by atoms with van der Waals surface area (Å²) < 4.78 is 12.2. The summed E-state index contributed by atoms with van der Waals surface area (Å²) >= 11 is 0. The molecule has 0 radical (unpaired) electrons. The lowest BCUT2D eigenvalue weighted by molar-refractivity contribution is 0.0454. The van der Waals surface area contributed by atoms with Gasteiger partial charge in [-0.2, -0.15) is 0 Å². The molecule has 0 unspecified atom stereocenters. The molecule has 1 saturated carbocycles. The first-order valence-corrected chi connectivity index (χ1v) is 10.1. The number of carbonyl (C=O) groups is 2. The number of amides is 1. The van der Waals surface area contributed by atoms with Gasteiger partial charge >= 0.3 is 0 Å². The van der Waals surface area contributed by atoms with Gasteiger partial charge in [-0.05, 0) is 63.3 Å². The van der Waals surface area contributed by atoms with E-state index in [1.54, 1.807) is 12.1 Å². The fourth-order valence-corrected chi connectivity index (χ4v) is 4.74. The second-order valence-corrected chi connectivity index (χ2v) is 8.23. The normalized spacial score (nSPS) is 17.4. The number of aryl methyl sites for hydroxylation is 2. The number of fused-ring (bicyclic) bond motifs is 3. The molecule has 2 aromatic carbocycles. The average molecular weight is 389 g/mol. The largest absolute Gasteiger partial charge is 0.486 e. The number of carbonyl (C=O) groups excluding carboxylic acids is 2. The minimum atomic E-state index is -0.347. The lowest BCUT2D eigenvalue weighted by Gasteiger charge is -2.34. The van der Waals surface area contributed by atoms with Crippen LogP contribution in [0, 0.1) is 13.8 Å². The van der Waals surface area contributed by atoms with Crippen molar-refractivity contribution in [1.29, 1.82) is 0 Å². The highest BCUT2D eigenvalue weighted by atomic mass is 16.5. The Balaban J connectivity index is 1.56. The van der Waals surface area contributed by atoms with Gasteiger partial charge in [0.25, 0.3) is 5.91 Å². The van der Waals surface area contributed by atoms with Crippen molar-refractivity contribution >= 4 is 28.3 Å². The quantitative estimate of drug-likeness (QED) is 0.621. The summed E-state index contributed by atoms with van der Waals surface area (Å²) in [6.45, 7) is 3.76. The molecular formula is C24H23NO4. The number of para-hydroxylation sites is 1. The van der Waals surface area contributed by atoms with Gasteiger partial charge in [-0.3, -0.25) is 9.59 Å². The van der Waals surface area contributed by atoms with E-state index in [2.05, 4.69) is 5.32 Å². The fraction of sp³-hybridized carbons (Fsp3) is 0.333. The van der Waals surface area contributed by atoms with Gasteiger partial charge in [0.15, 0.2) is 11.5 Å². The van der Waals surface area contributed by atoms with Gasteiger partial charge in [-0.15, -0.1) is 0 Å². The second-order valence-electron chi connectivity index (χ2n) is 8.23. The van der Waals surface area contributed by atoms with Gasteiger partial charge in [0.2, 0.25) is 0 Å². The zero-order valence-corrected chi connectivity index (χ0v) is 16.6. The van der Waals surface area contributed by atoms with Crippen LogP contribution in [0.15, 0.2) is 40.8 Å². The summed E-state index contributed by atoms with van der Waals surface area (Å²) in [5.74, 6) is 0.600. The van der Waals surface area contributed by atoms with Crippen LogP contribution in [-0.4, -0.2) is 17.3 Å². The van der Waals surface area contributed by atoms with E-state index >= 15 is 0 Å². The number of benzene rings is 2. The molecule has 1 fully saturated rings. The van der Waals surface area contributed by atoms with E-state index in [1.165, 1.54) is 0 Å². The maximum Gasteiger partial charge on any atom is 0.291 e. The van der Waals surface area contributed by atoms with Crippen LogP contribution in [0.2, 0.25) is 0 Å². The molecule has 5 nitrogen and oxygen atoms in total. The van der Waals surface area contributed by atoms with Crippen molar-refractivity contribution in [2.24, 2.45) is 0 Å². The van der Waals surface area contributed by atoms with Gasteiger partial charge < -0.3 is 14.5 Å². The SMILES string of the molecule is Cc1ccccc1NC(=O)c1oc2ccc3c(c2c1C)C(=O)CC1(CCCC1)O3. The highest BCUT2D eigenvalue weighted by Crippen LogP contribution is 2.46. The van der Waals surface area contributed by atoms with Crippen LogP contribution in [0.4, 0.5) is 5.69 Å². The average Bonchev–Trinajstić information content (AvgIpc) is 3.28. The Labute approximate surface area is 169 Å². The third kappa shape index (κ3) is 2.84. The fourth-order valence-electron chi connectivity index (χ4n) is 4.74. The molecular weight excluding hydrogens is 366 g/mol. The molecule has 0 bridgehead atoms. The van der Waals surface area contributed by atoms with Crippen LogP contribution in [0.5, 0.6) is 5.75 Å². The smallest absolute Gasteiger partial charge is 0.291 e. The molecule has 1 aliphatic carbocycles. The van der Waals surface area contributed by atoms with Crippen LogP contribution < -0.4 is 10.1 Å². The van der Waals surface area contributed by atoms with Gasteiger partial charge in [0.05, 0.1) is 12.0 Å². The van der Waals surface area contributed by atoms with Crippen molar-refractivity contribution < 1.29 is 18.7 Å². The third-order valence-corrected chi connectivity index (χ3v) is 6.26. The summed E-state index contributed by atoms with van der Waals surface area (Å²) in [5, 5.41) is 3.60. The first kappa shape index (κ1) is 18.0. The number of ketones is 1. The number of nitrogens with one attached hydrogen (secondary N) is 1. The molecule has 5 rings (SSSR count). The van der Waals surface area contributed by atoms with Crippen molar-refractivity contribution in [2.45, 2.75) is 51.6 Å². The Morgan fingerprint density at radius 2 is 1.83 bits per heavy atom. The topological polar surface area (TPSA) is 68.5 Å². The van der Waals surface area contributed by atoms with E-state index in [0.29, 0.717) is 34.3 Å². The van der Waals surface area contributed by atoms with Crippen molar-refractivity contribution in [2.75, 3.05) is 5.32 Å². The molecule has 1 aliphatic heterocycles.